The highest BCUT2D eigenvalue weighted by Gasteiger charge is 2.33. The van der Waals surface area contributed by atoms with Gasteiger partial charge in [-0.2, -0.15) is 14.3 Å². The maximum Gasteiger partial charge on any atom is 0.226 e. The molecule has 0 radical (unpaired) electrons. The van der Waals surface area contributed by atoms with Crippen LogP contribution in [-0.4, -0.2) is 35.5 Å². The lowest BCUT2D eigenvalue weighted by molar-refractivity contribution is -0.116. The highest BCUT2D eigenvalue weighted by molar-refractivity contribution is 5.96. The predicted octanol–water partition coefficient (Wildman–Crippen LogP) is 3.25. The van der Waals surface area contributed by atoms with Crippen LogP contribution in [0.1, 0.15) is 29.2 Å². The number of fused-ring (bicyclic) bond motifs is 3. The lowest BCUT2D eigenvalue weighted by Crippen LogP contribution is -2.25. The Balaban J connectivity index is 1.56. The van der Waals surface area contributed by atoms with E-state index in [1.165, 1.54) is 0 Å². The number of aromatic nitrogens is 6. The van der Waals surface area contributed by atoms with Crippen LogP contribution < -0.4 is 5.32 Å². The fourth-order valence-corrected chi connectivity index (χ4v) is 4.36. The fraction of sp³-hybridized carbons (Fsp3) is 0.136. The van der Waals surface area contributed by atoms with Crippen LogP contribution in [0.3, 0.4) is 0 Å². The molecular formula is C22H17N7O. The van der Waals surface area contributed by atoms with Gasteiger partial charge >= 0.3 is 0 Å². The Morgan fingerprint density at radius 2 is 1.90 bits per heavy atom. The molecular weight excluding hydrogens is 378 g/mol. The maximum atomic E-state index is 12.7. The summed E-state index contributed by atoms with van der Waals surface area (Å²) in [6, 6.07) is 18.2. The van der Waals surface area contributed by atoms with Crippen molar-refractivity contribution in [1.29, 1.82) is 0 Å². The molecule has 3 aromatic heterocycles. The Hall–Kier alpha value is -4.07. The molecule has 0 saturated heterocycles. The number of rotatable bonds is 2. The highest BCUT2D eigenvalue weighted by atomic mass is 16.1. The van der Waals surface area contributed by atoms with E-state index >= 15 is 0 Å². The largest absolute Gasteiger partial charge is 0.310 e. The number of nitrogens with one attached hydrogen (secondary N) is 1. The summed E-state index contributed by atoms with van der Waals surface area (Å²) in [5, 5.41) is 22.5. The van der Waals surface area contributed by atoms with Crippen LogP contribution in [0.5, 0.6) is 0 Å². The van der Waals surface area contributed by atoms with Gasteiger partial charge in [0, 0.05) is 17.9 Å². The van der Waals surface area contributed by atoms with Gasteiger partial charge in [0.15, 0.2) is 11.5 Å². The molecule has 146 valence electrons. The van der Waals surface area contributed by atoms with Crippen molar-refractivity contribution in [2.75, 3.05) is 5.32 Å². The van der Waals surface area contributed by atoms with Gasteiger partial charge < -0.3 is 5.32 Å². The molecule has 0 spiro atoms. The van der Waals surface area contributed by atoms with Gasteiger partial charge in [-0.1, -0.05) is 42.5 Å². The van der Waals surface area contributed by atoms with Gasteiger partial charge in [0.05, 0.1) is 5.69 Å². The number of carbonyl (C=O) groups excluding carboxylic acids is 1. The molecule has 0 saturated carbocycles. The molecule has 1 atom stereocenters. The molecule has 4 heterocycles. The summed E-state index contributed by atoms with van der Waals surface area (Å²) >= 11 is 0. The summed E-state index contributed by atoms with van der Waals surface area (Å²) in [6.07, 6.45) is 1.92. The molecule has 1 aliphatic heterocycles. The van der Waals surface area contributed by atoms with Crippen LogP contribution >= 0.6 is 0 Å². The van der Waals surface area contributed by atoms with Crippen LogP contribution in [-0.2, 0) is 4.79 Å². The summed E-state index contributed by atoms with van der Waals surface area (Å²) < 4.78 is 3.28. The second kappa shape index (κ2) is 6.21. The minimum absolute atomic E-state index is 0.0352. The Morgan fingerprint density at radius 3 is 2.83 bits per heavy atom. The number of hydrogen-bond donors (Lipinski definition) is 1. The third-order valence-electron chi connectivity index (χ3n) is 5.67. The minimum atomic E-state index is -0.0766. The number of anilines is 1. The zero-order valence-electron chi connectivity index (χ0n) is 16.1. The normalized spacial score (nSPS) is 16.0. The van der Waals surface area contributed by atoms with Crippen molar-refractivity contribution in [3.63, 3.8) is 0 Å². The highest BCUT2D eigenvalue weighted by Crippen LogP contribution is 2.42. The molecule has 1 aliphatic rings. The first-order chi connectivity index (χ1) is 14.7. The van der Waals surface area contributed by atoms with E-state index in [0.717, 1.165) is 27.6 Å². The van der Waals surface area contributed by atoms with E-state index < -0.39 is 0 Å². The maximum absolute atomic E-state index is 12.7. The zero-order valence-corrected chi connectivity index (χ0v) is 16.1. The van der Waals surface area contributed by atoms with Crippen LogP contribution in [0.15, 0.2) is 60.9 Å². The van der Waals surface area contributed by atoms with E-state index in [4.69, 9.17) is 5.10 Å². The SMILES string of the molecule is Cc1nn(-c2ccc3nncn3n2)c2c1[C@H](c1cccc3ccccc13)CC(=O)N2. The third-order valence-corrected chi connectivity index (χ3v) is 5.67. The predicted molar refractivity (Wildman–Crippen MR) is 112 cm³/mol. The van der Waals surface area contributed by atoms with Crippen molar-refractivity contribution in [3.05, 3.63) is 77.7 Å². The molecule has 0 bridgehead atoms. The van der Waals surface area contributed by atoms with Crippen molar-refractivity contribution < 1.29 is 4.79 Å². The fourth-order valence-electron chi connectivity index (χ4n) is 4.36. The summed E-state index contributed by atoms with van der Waals surface area (Å²) in [7, 11) is 0. The molecule has 30 heavy (non-hydrogen) atoms. The Morgan fingerprint density at radius 1 is 1.03 bits per heavy atom. The average molecular weight is 395 g/mol. The monoisotopic (exact) mass is 395 g/mol. The number of amides is 1. The molecule has 8 heteroatoms. The van der Waals surface area contributed by atoms with Crippen LogP contribution in [0, 0.1) is 6.92 Å². The lowest BCUT2D eigenvalue weighted by Gasteiger charge is -2.25. The van der Waals surface area contributed by atoms with E-state index in [-0.39, 0.29) is 11.8 Å². The molecule has 2 aromatic carbocycles. The van der Waals surface area contributed by atoms with E-state index in [9.17, 15) is 4.79 Å². The summed E-state index contributed by atoms with van der Waals surface area (Å²) in [4.78, 5) is 12.7. The van der Waals surface area contributed by atoms with E-state index in [1.807, 2.05) is 37.3 Å². The first-order valence-corrected chi connectivity index (χ1v) is 9.73. The zero-order chi connectivity index (χ0) is 20.2. The standard InChI is InChI=1S/C22H17N7O/c1-13-21-17(16-8-4-6-14-5-2-3-7-15(14)16)11-20(30)24-22(21)29(26-13)19-10-9-18-25-23-12-28(18)27-19/h2-10,12,17H,11H2,1H3,(H,24,30)/t17-/m0/s1. The number of nitrogens with zero attached hydrogens (tertiary/aromatic N) is 6. The summed E-state index contributed by atoms with van der Waals surface area (Å²) in [5.41, 5.74) is 3.67. The van der Waals surface area contributed by atoms with Gasteiger partial charge in [-0.3, -0.25) is 4.79 Å². The topological polar surface area (TPSA) is 90.0 Å². The number of benzene rings is 2. The Bertz CT molecular complexity index is 1440. The molecule has 1 N–H and O–H groups in total. The second-order valence-electron chi connectivity index (χ2n) is 7.46. The molecule has 1 amide bonds. The molecule has 0 unspecified atom stereocenters. The Labute approximate surface area is 171 Å². The van der Waals surface area contributed by atoms with Crippen LogP contribution in [0.25, 0.3) is 22.2 Å². The second-order valence-corrected chi connectivity index (χ2v) is 7.46. The first-order valence-electron chi connectivity index (χ1n) is 9.73. The van der Waals surface area contributed by atoms with Gasteiger partial charge in [-0.25, -0.2) is 0 Å². The van der Waals surface area contributed by atoms with Crippen LogP contribution in [0.4, 0.5) is 5.82 Å². The average Bonchev–Trinajstić information content (AvgIpc) is 3.36. The van der Waals surface area contributed by atoms with Gasteiger partial charge in [0.25, 0.3) is 0 Å². The Kier molecular flexibility index (Phi) is 3.49. The smallest absolute Gasteiger partial charge is 0.226 e. The number of hydrogen-bond acceptors (Lipinski definition) is 5. The minimum Gasteiger partial charge on any atom is -0.310 e. The van der Waals surface area contributed by atoms with Crippen molar-refractivity contribution in [3.8, 4) is 5.82 Å². The molecule has 8 nitrogen and oxygen atoms in total. The molecule has 5 aromatic rings. The third kappa shape index (κ3) is 2.43. The lowest BCUT2D eigenvalue weighted by atomic mass is 9.83. The number of carbonyl (C=O) groups is 1. The summed E-state index contributed by atoms with van der Waals surface area (Å²) in [5.74, 6) is 1.14. The van der Waals surface area contributed by atoms with E-state index in [0.29, 0.717) is 23.7 Å². The van der Waals surface area contributed by atoms with Crippen molar-refractivity contribution in [2.45, 2.75) is 19.3 Å². The molecule has 0 aliphatic carbocycles. The molecule has 6 rings (SSSR count). The molecule has 0 fully saturated rings. The van der Waals surface area contributed by atoms with Crippen molar-refractivity contribution >= 4 is 28.1 Å². The summed E-state index contributed by atoms with van der Waals surface area (Å²) in [6.45, 7) is 1.97. The van der Waals surface area contributed by atoms with E-state index in [1.54, 1.807) is 15.5 Å². The van der Waals surface area contributed by atoms with Crippen molar-refractivity contribution in [2.24, 2.45) is 0 Å². The number of aryl methyl sites for hydroxylation is 1. The van der Waals surface area contributed by atoms with Gasteiger partial charge in [0.1, 0.15) is 12.1 Å². The van der Waals surface area contributed by atoms with Crippen LogP contribution in [0.2, 0.25) is 0 Å². The first kappa shape index (κ1) is 16.8. The van der Waals surface area contributed by atoms with E-state index in [2.05, 4.69) is 44.9 Å². The van der Waals surface area contributed by atoms with Gasteiger partial charge in [-0.15, -0.1) is 15.3 Å². The van der Waals surface area contributed by atoms with Gasteiger partial charge in [0.2, 0.25) is 5.91 Å². The quantitative estimate of drug-likeness (QED) is 0.496. The van der Waals surface area contributed by atoms with Crippen molar-refractivity contribution in [1.82, 2.24) is 29.6 Å². The van der Waals surface area contributed by atoms with Gasteiger partial charge in [-0.05, 0) is 35.4 Å².